The van der Waals surface area contributed by atoms with Gasteiger partial charge in [-0.1, -0.05) is 140 Å². The molecule has 0 aliphatic rings. The number of rotatable bonds is 5. The van der Waals surface area contributed by atoms with Gasteiger partial charge in [0.05, 0.1) is 0 Å². The third-order valence-electron chi connectivity index (χ3n) is 8.73. The highest BCUT2D eigenvalue weighted by atomic mass is 16.3. The average molecular weight is 602 g/mol. The monoisotopic (exact) mass is 601 g/mol. The summed E-state index contributed by atoms with van der Waals surface area (Å²) in [5.41, 5.74) is 8.99. The maximum Gasteiger partial charge on any atom is 0.164 e. The number of hydrogen-bond acceptors (Lipinski definition) is 4. The van der Waals surface area contributed by atoms with Crippen molar-refractivity contribution in [3.05, 3.63) is 164 Å². The van der Waals surface area contributed by atoms with E-state index in [4.69, 9.17) is 19.4 Å². The summed E-state index contributed by atoms with van der Waals surface area (Å²) in [5, 5.41) is 4.47. The minimum atomic E-state index is 0.593. The molecule has 9 aromatic rings. The molecule has 47 heavy (non-hydrogen) atoms. The summed E-state index contributed by atoms with van der Waals surface area (Å²) >= 11 is 0. The van der Waals surface area contributed by atoms with Crippen LogP contribution in [0.3, 0.4) is 0 Å². The van der Waals surface area contributed by atoms with E-state index in [0.717, 1.165) is 60.7 Å². The molecule has 2 aromatic heterocycles. The van der Waals surface area contributed by atoms with Gasteiger partial charge in [-0.05, 0) is 57.3 Å². The summed E-state index contributed by atoms with van der Waals surface area (Å²) in [6, 6.07) is 56.4. The zero-order chi connectivity index (χ0) is 31.2. The van der Waals surface area contributed by atoms with E-state index in [9.17, 15) is 0 Å². The third kappa shape index (κ3) is 4.93. The highest BCUT2D eigenvalue weighted by Crippen LogP contribution is 2.38. The van der Waals surface area contributed by atoms with Crippen LogP contribution in [0.5, 0.6) is 0 Å². The molecule has 0 spiro atoms. The minimum absolute atomic E-state index is 0.593. The van der Waals surface area contributed by atoms with Crippen molar-refractivity contribution < 1.29 is 4.42 Å². The molecule has 0 bridgehead atoms. The fourth-order valence-electron chi connectivity index (χ4n) is 6.36. The Morgan fingerprint density at radius 3 is 1.64 bits per heavy atom. The number of aromatic nitrogens is 3. The van der Waals surface area contributed by atoms with E-state index in [1.807, 2.05) is 30.3 Å². The Hall–Kier alpha value is -6.39. The lowest BCUT2D eigenvalue weighted by atomic mass is 9.99. The van der Waals surface area contributed by atoms with Crippen molar-refractivity contribution in [2.45, 2.75) is 0 Å². The number of nitrogens with zero attached hydrogens (tertiary/aromatic N) is 3. The molecule has 0 saturated heterocycles. The Labute approximate surface area is 271 Å². The van der Waals surface area contributed by atoms with Gasteiger partial charge in [0, 0.05) is 27.5 Å². The molecule has 9 rings (SSSR count). The second-order valence-electron chi connectivity index (χ2n) is 11.7. The third-order valence-corrected chi connectivity index (χ3v) is 8.73. The molecule has 7 aromatic carbocycles. The van der Waals surface area contributed by atoms with E-state index in [1.165, 1.54) is 10.9 Å². The van der Waals surface area contributed by atoms with E-state index in [-0.39, 0.29) is 0 Å². The number of hydrogen-bond donors (Lipinski definition) is 0. The van der Waals surface area contributed by atoms with E-state index < -0.39 is 0 Å². The van der Waals surface area contributed by atoms with Gasteiger partial charge >= 0.3 is 0 Å². The van der Waals surface area contributed by atoms with Crippen LogP contribution in [0.15, 0.2) is 168 Å². The van der Waals surface area contributed by atoms with Gasteiger partial charge in [-0.3, -0.25) is 0 Å². The Kier molecular flexibility index (Phi) is 6.43. The van der Waals surface area contributed by atoms with Crippen molar-refractivity contribution in [1.82, 2.24) is 15.0 Å². The van der Waals surface area contributed by atoms with Crippen LogP contribution in [0, 0.1) is 0 Å². The van der Waals surface area contributed by atoms with Gasteiger partial charge < -0.3 is 4.42 Å². The molecule has 0 saturated carbocycles. The maximum absolute atomic E-state index is 6.44. The Balaban J connectivity index is 1.19. The summed E-state index contributed by atoms with van der Waals surface area (Å²) in [6.07, 6.45) is 0. The zero-order valence-corrected chi connectivity index (χ0v) is 25.3. The largest absolute Gasteiger partial charge is 0.456 e. The highest BCUT2D eigenvalue weighted by Gasteiger charge is 2.17. The van der Waals surface area contributed by atoms with Crippen LogP contribution in [0.2, 0.25) is 0 Å². The predicted octanol–water partition coefficient (Wildman–Crippen LogP) is 11.3. The molecule has 0 fully saturated rings. The maximum atomic E-state index is 6.44. The van der Waals surface area contributed by atoms with E-state index in [0.29, 0.717) is 17.5 Å². The van der Waals surface area contributed by atoms with Gasteiger partial charge in [-0.2, -0.15) is 0 Å². The molecular weight excluding hydrogens is 574 g/mol. The first-order valence-corrected chi connectivity index (χ1v) is 15.7. The topological polar surface area (TPSA) is 51.8 Å². The molecule has 0 radical (unpaired) electrons. The normalized spacial score (nSPS) is 11.4. The molecule has 0 unspecified atom stereocenters. The lowest BCUT2D eigenvalue weighted by Gasteiger charge is -2.10. The number of fused-ring (bicyclic) bond motifs is 4. The van der Waals surface area contributed by atoms with Crippen LogP contribution in [-0.4, -0.2) is 15.0 Å². The zero-order valence-electron chi connectivity index (χ0n) is 25.3. The van der Waals surface area contributed by atoms with Crippen molar-refractivity contribution >= 4 is 32.7 Å². The molecule has 0 N–H and O–H groups in total. The first-order valence-electron chi connectivity index (χ1n) is 15.7. The summed E-state index contributed by atoms with van der Waals surface area (Å²) in [6.45, 7) is 0. The van der Waals surface area contributed by atoms with Crippen LogP contribution < -0.4 is 0 Å². The van der Waals surface area contributed by atoms with Gasteiger partial charge in [0.25, 0.3) is 0 Å². The molecule has 4 heteroatoms. The molecule has 0 atom stereocenters. The van der Waals surface area contributed by atoms with Gasteiger partial charge in [-0.15, -0.1) is 0 Å². The Morgan fingerprint density at radius 2 is 0.894 bits per heavy atom. The molecule has 2 heterocycles. The average Bonchev–Trinajstić information content (AvgIpc) is 3.53. The summed E-state index contributed by atoms with van der Waals surface area (Å²) < 4.78 is 6.44. The number of furan rings is 1. The summed E-state index contributed by atoms with van der Waals surface area (Å²) in [4.78, 5) is 15.1. The molecule has 4 nitrogen and oxygen atoms in total. The van der Waals surface area contributed by atoms with Crippen molar-refractivity contribution in [3.8, 4) is 56.4 Å². The fourth-order valence-corrected chi connectivity index (χ4v) is 6.36. The Morgan fingerprint density at radius 1 is 0.340 bits per heavy atom. The van der Waals surface area contributed by atoms with Crippen molar-refractivity contribution in [2.75, 3.05) is 0 Å². The highest BCUT2D eigenvalue weighted by molar-refractivity contribution is 6.13. The first kappa shape index (κ1) is 27.0. The fraction of sp³-hybridized carbons (Fsp3) is 0. The predicted molar refractivity (Wildman–Crippen MR) is 192 cm³/mol. The molecule has 0 aliphatic carbocycles. The molecular formula is C43H27N3O. The van der Waals surface area contributed by atoms with E-state index in [2.05, 4.69) is 133 Å². The molecule has 0 amide bonds. The molecule has 0 aliphatic heterocycles. The van der Waals surface area contributed by atoms with Crippen LogP contribution >= 0.6 is 0 Å². The van der Waals surface area contributed by atoms with Crippen molar-refractivity contribution in [3.63, 3.8) is 0 Å². The van der Waals surface area contributed by atoms with Gasteiger partial charge in [0.1, 0.15) is 11.2 Å². The van der Waals surface area contributed by atoms with Crippen molar-refractivity contribution in [2.24, 2.45) is 0 Å². The summed E-state index contributed by atoms with van der Waals surface area (Å²) in [7, 11) is 0. The quantitative estimate of drug-likeness (QED) is 0.197. The van der Waals surface area contributed by atoms with Crippen LogP contribution in [0.25, 0.3) is 89.1 Å². The van der Waals surface area contributed by atoms with Gasteiger partial charge in [0.2, 0.25) is 0 Å². The second-order valence-corrected chi connectivity index (χ2v) is 11.7. The standard InChI is InChI=1S/C43H27N3O/c1-3-10-28(11-4-1)30-18-21-32(22-19-30)41-44-42(34-23-20-29-12-7-8-15-33(29)26-34)46-43(45-41)35-24-25-37-39(27-35)47-38-17-9-16-36(40(37)38)31-13-5-2-6-14-31/h1-27H. The first-order chi connectivity index (χ1) is 23.3. The lowest BCUT2D eigenvalue weighted by molar-refractivity contribution is 0.669. The number of benzene rings is 7. The summed E-state index contributed by atoms with van der Waals surface area (Å²) in [5.74, 6) is 1.84. The SMILES string of the molecule is c1ccc(-c2ccc(-c3nc(-c4ccc5ccccc5c4)nc(-c4ccc5c(c4)oc4cccc(-c6ccccc6)c45)n3)cc2)cc1. The van der Waals surface area contributed by atoms with Crippen LogP contribution in [0.1, 0.15) is 0 Å². The van der Waals surface area contributed by atoms with Crippen LogP contribution in [-0.2, 0) is 0 Å². The molecule has 220 valence electrons. The smallest absolute Gasteiger partial charge is 0.164 e. The van der Waals surface area contributed by atoms with E-state index in [1.54, 1.807) is 0 Å². The van der Waals surface area contributed by atoms with Crippen molar-refractivity contribution in [1.29, 1.82) is 0 Å². The second kappa shape index (κ2) is 11.2. The Bertz CT molecular complexity index is 2550. The minimum Gasteiger partial charge on any atom is -0.456 e. The lowest BCUT2D eigenvalue weighted by Crippen LogP contribution is -2.00. The van der Waals surface area contributed by atoms with Crippen LogP contribution in [0.4, 0.5) is 0 Å². The van der Waals surface area contributed by atoms with Gasteiger partial charge in [0.15, 0.2) is 17.5 Å². The van der Waals surface area contributed by atoms with Gasteiger partial charge in [-0.25, -0.2) is 15.0 Å². The van der Waals surface area contributed by atoms with E-state index >= 15 is 0 Å².